The molecule has 0 aromatic heterocycles. The molecule has 0 bridgehead atoms. The molecular weight excluding hydrogens is 488 g/mol. The number of anilines is 1. The van der Waals surface area contributed by atoms with Gasteiger partial charge in [0.05, 0.1) is 7.11 Å². The van der Waals surface area contributed by atoms with E-state index >= 15 is 0 Å². The molecule has 4 aromatic rings. The van der Waals surface area contributed by atoms with Crippen LogP contribution >= 0.6 is 0 Å². The lowest BCUT2D eigenvalue weighted by Gasteiger charge is -2.12. The first-order valence-electron chi connectivity index (χ1n) is 12.3. The summed E-state index contributed by atoms with van der Waals surface area (Å²) in [5.74, 6) is -0.347. The zero-order valence-corrected chi connectivity index (χ0v) is 21.7. The van der Waals surface area contributed by atoms with Gasteiger partial charge >= 0.3 is 0 Å². The second kappa shape index (κ2) is 12.8. The van der Waals surface area contributed by atoms with Gasteiger partial charge in [0.1, 0.15) is 11.4 Å². The average molecular weight is 517 g/mol. The first-order chi connectivity index (χ1) is 18.9. The van der Waals surface area contributed by atoms with Crippen molar-refractivity contribution in [3.63, 3.8) is 0 Å². The van der Waals surface area contributed by atoms with Crippen LogP contribution in [0.25, 0.3) is 12.2 Å². The van der Waals surface area contributed by atoms with Crippen molar-refractivity contribution >= 4 is 35.4 Å². The van der Waals surface area contributed by atoms with Gasteiger partial charge in [-0.05, 0) is 84.3 Å². The highest BCUT2D eigenvalue weighted by atomic mass is 16.5. The van der Waals surface area contributed by atoms with Gasteiger partial charge in [0.15, 0.2) is 5.78 Å². The van der Waals surface area contributed by atoms with Crippen LogP contribution in [0.2, 0.25) is 0 Å². The van der Waals surface area contributed by atoms with Crippen LogP contribution in [-0.2, 0) is 4.79 Å². The molecule has 0 radical (unpaired) electrons. The standard InChI is InChI=1S/C33H28N2O4/c1-23-9-6-7-13-27(23)22-30(35-32(37)26-11-4-3-5-12-26)33(38)34-28-18-16-25(17-19-28)31(36)20-15-24-10-8-14-29(21-24)39-2/h3-22H,1-2H3,(H,34,38)(H,35,37)/b20-15+,30-22-. The Labute approximate surface area is 227 Å². The predicted octanol–water partition coefficient (Wildman–Crippen LogP) is 6.31. The summed E-state index contributed by atoms with van der Waals surface area (Å²) in [6.45, 7) is 1.93. The molecule has 4 aromatic carbocycles. The number of ketones is 1. The van der Waals surface area contributed by atoms with E-state index in [4.69, 9.17) is 4.74 Å². The molecule has 0 aliphatic carbocycles. The van der Waals surface area contributed by atoms with Gasteiger partial charge in [-0.3, -0.25) is 14.4 Å². The monoisotopic (exact) mass is 516 g/mol. The first kappa shape index (κ1) is 26.8. The molecule has 0 saturated carbocycles. The summed E-state index contributed by atoms with van der Waals surface area (Å²) in [4.78, 5) is 38.7. The SMILES string of the molecule is COc1cccc(/C=C/C(=O)c2ccc(NC(=O)/C(=C/c3ccccc3C)NC(=O)c3ccccc3)cc2)c1. The number of carbonyl (C=O) groups is 3. The number of hydrogen-bond acceptors (Lipinski definition) is 4. The Hall–Kier alpha value is -5.23. The summed E-state index contributed by atoms with van der Waals surface area (Å²) in [7, 11) is 1.59. The fraction of sp³-hybridized carbons (Fsp3) is 0.0606. The molecule has 4 rings (SSSR count). The quantitative estimate of drug-likeness (QED) is 0.202. The maximum atomic E-state index is 13.2. The van der Waals surface area contributed by atoms with Crippen molar-refractivity contribution < 1.29 is 19.1 Å². The zero-order chi connectivity index (χ0) is 27.6. The number of amides is 2. The lowest BCUT2D eigenvalue weighted by atomic mass is 10.1. The largest absolute Gasteiger partial charge is 0.497 e. The van der Waals surface area contributed by atoms with Crippen molar-refractivity contribution in [2.75, 3.05) is 12.4 Å². The molecule has 0 saturated heterocycles. The van der Waals surface area contributed by atoms with Crippen molar-refractivity contribution in [3.05, 3.63) is 143 Å². The molecule has 0 spiro atoms. The molecule has 39 heavy (non-hydrogen) atoms. The number of methoxy groups -OCH3 is 1. The van der Waals surface area contributed by atoms with E-state index in [-0.39, 0.29) is 11.5 Å². The van der Waals surface area contributed by atoms with E-state index in [0.717, 1.165) is 16.7 Å². The molecule has 194 valence electrons. The van der Waals surface area contributed by atoms with Gasteiger partial charge in [-0.25, -0.2) is 0 Å². The van der Waals surface area contributed by atoms with E-state index in [9.17, 15) is 14.4 Å². The van der Waals surface area contributed by atoms with Crippen LogP contribution in [0.3, 0.4) is 0 Å². The van der Waals surface area contributed by atoms with E-state index in [1.807, 2.05) is 61.5 Å². The Morgan fingerprint density at radius 1 is 0.769 bits per heavy atom. The number of allylic oxidation sites excluding steroid dienone is 1. The summed E-state index contributed by atoms with van der Waals surface area (Å²) < 4.78 is 5.21. The first-order valence-corrected chi connectivity index (χ1v) is 12.3. The predicted molar refractivity (Wildman–Crippen MR) is 154 cm³/mol. The van der Waals surface area contributed by atoms with Gasteiger partial charge < -0.3 is 15.4 Å². The van der Waals surface area contributed by atoms with Crippen LogP contribution < -0.4 is 15.4 Å². The smallest absolute Gasteiger partial charge is 0.272 e. The topological polar surface area (TPSA) is 84.5 Å². The van der Waals surface area contributed by atoms with Crippen molar-refractivity contribution in [2.24, 2.45) is 0 Å². The number of ether oxygens (including phenoxy) is 1. The normalized spacial score (nSPS) is 11.2. The van der Waals surface area contributed by atoms with E-state index in [0.29, 0.717) is 22.6 Å². The molecule has 6 heteroatoms. The summed E-state index contributed by atoms with van der Waals surface area (Å²) in [6.07, 6.45) is 4.86. The summed E-state index contributed by atoms with van der Waals surface area (Å²) in [5, 5.41) is 5.55. The molecule has 0 atom stereocenters. The minimum Gasteiger partial charge on any atom is -0.497 e. The lowest BCUT2D eigenvalue weighted by Crippen LogP contribution is -2.30. The number of nitrogens with one attached hydrogen (secondary N) is 2. The fourth-order valence-corrected chi connectivity index (χ4v) is 3.78. The molecular formula is C33H28N2O4. The number of aryl methyl sites for hydroxylation is 1. The second-order valence-electron chi connectivity index (χ2n) is 8.74. The molecule has 0 unspecified atom stereocenters. The maximum Gasteiger partial charge on any atom is 0.272 e. The lowest BCUT2D eigenvalue weighted by molar-refractivity contribution is -0.113. The third kappa shape index (κ3) is 7.40. The van der Waals surface area contributed by atoms with Crippen molar-refractivity contribution in [1.29, 1.82) is 0 Å². The zero-order valence-electron chi connectivity index (χ0n) is 21.7. The highest BCUT2D eigenvalue weighted by Gasteiger charge is 2.16. The Morgan fingerprint density at radius 3 is 2.21 bits per heavy atom. The number of hydrogen-bond donors (Lipinski definition) is 2. The van der Waals surface area contributed by atoms with Gasteiger partial charge in [0.25, 0.3) is 11.8 Å². The molecule has 2 amide bonds. The molecule has 6 nitrogen and oxygen atoms in total. The third-order valence-electron chi connectivity index (χ3n) is 5.97. The Kier molecular flexibility index (Phi) is 8.83. The van der Waals surface area contributed by atoms with Crippen LogP contribution in [0.15, 0.2) is 115 Å². The van der Waals surface area contributed by atoms with Gasteiger partial charge in [0.2, 0.25) is 0 Å². The number of rotatable bonds is 9. The highest BCUT2D eigenvalue weighted by Crippen LogP contribution is 2.17. The summed E-state index contributed by atoms with van der Waals surface area (Å²) in [6, 6.07) is 30.2. The third-order valence-corrected chi connectivity index (χ3v) is 5.97. The Morgan fingerprint density at radius 2 is 1.49 bits per heavy atom. The summed E-state index contributed by atoms with van der Waals surface area (Å²) >= 11 is 0. The van der Waals surface area contributed by atoms with E-state index in [1.54, 1.807) is 67.8 Å². The van der Waals surface area contributed by atoms with Gasteiger partial charge in [0, 0.05) is 16.8 Å². The van der Waals surface area contributed by atoms with Gasteiger partial charge in [-0.1, -0.05) is 60.7 Å². The molecule has 0 heterocycles. The number of benzene rings is 4. The maximum absolute atomic E-state index is 13.2. The number of carbonyl (C=O) groups excluding carboxylic acids is 3. The minimum atomic E-state index is -0.487. The minimum absolute atomic E-state index is 0.0968. The van der Waals surface area contributed by atoms with Crippen molar-refractivity contribution in [2.45, 2.75) is 6.92 Å². The van der Waals surface area contributed by atoms with Crippen molar-refractivity contribution in [1.82, 2.24) is 5.32 Å². The molecule has 0 fully saturated rings. The van der Waals surface area contributed by atoms with Gasteiger partial charge in [-0.15, -0.1) is 0 Å². The van der Waals surface area contributed by atoms with Crippen LogP contribution in [0.4, 0.5) is 5.69 Å². The highest BCUT2D eigenvalue weighted by molar-refractivity contribution is 6.11. The molecule has 2 N–H and O–H groups in total. The molecule has 0 aliphatic heterocycles. The van der Waals surface area contributed by atoms with E-state index < -0.39 is 11.8 Å². The van der Waals surface area contributed by atoms with E-state index in [1.165, 1.54) is 6.08 Å². The van der Waals surface area contributed by atoms with Crippen LogP contribution in [0.5, 0.6) is 5.75 Å². The van der Waals surface area contributed by atoms with Gasteiger partial charge in [-0.2, -0.15) is 0 Å². The average Bonchev–Trinajstić information content (AvgIpc) is 2.97. The Bertz CT molecular complexity index is 1540. The van der Waals surface area contributed by atoms with Crippen molar-refractivity contribution in [3.8, 4) is 5.75 Å². The van der Waals surface area contributed by atoms with Crippen LogP contribution in [-0.4, -0.2) is 24.7 Å². The van der Waals surface area contributed by atoms with Crippen LogP contribution in [0, 0.1) is 6.92 Å². The summed E-state index contributed by atoms with van der Waals surface area (Å²) in [5.41, 5.74) is 4.10. The fourth-order valence-electron chi connectivity index (χ4n) is 3.78. The Balaban J connectivity index is 1.49. The molecule has 0 aliphatic rings. The second-order valence-corrected chi connectivity index (χ2v) is 8.74. The van der Waals surface area contributed by atoms with Crippen LogP contribution in [0.1, 0.15) is 37.4 Å². The van der Waals surface area contributed by atoms with E-state index in [2.05, 4.69) is 10.6 Å².